The van der Waals surface area contributed by atoms with E-state index in [0.717, 1.165) is 17.1 Å². The summed E-state index contributed by atoms with van der Waals surface area (Å²) in [5.74, 6) is 1.42. The highest BCUT2D eigenvalue weighted by Crippen LogP contribution is 2.61. The lowest BCUT2D eigenvalue weighted by Gasteiger charge is -2.59. The van der Waals surface area contributed by atoms with Gasteiger partial charge >= 0.3 is 0 Å². The zero-order chi connectivity index (χ0) is 41.3. The summed E-state index contributed by atoms with van der Waals surface area (Å²) in [6.45, 7) is 80.6. The highest BCUT2D eigenvalue weighted by atomic mass is 31.1. The van der Waals surface area contributed by atoms with Gasteiger partial charge in [0, 0.05) is 0 Å². The fraction of sp³-hybridized carbons (Fsp3) is 0.652. The summed E-state index contributed by atoms with van der Waals surface area (Å²) in [5.41, 5.74) is 4.09. The monoisotopic (exact) mass is 697 g/mol. The zero-order valence-electron chi connectivity index (χ0n) is 36.9. The number of rotatable bonds is 9. The van der Waals surface area contributed by atoms with Crippen LogP contribution < -0.4 is 0 Å². The van der Waals surface area contributed by atoms with Gasteiger partial charge in [-0.1, -0.05) is 210 Å². The third-order valence-electron chi connectivity index (χ3n) is 12.5. The lowest BCUT2D eigenvalue weighted by molar-refractivity contribution is -0.106. The number of allylic oxidation sites excluding steroid dienone is 6. The van der Waals surface area contributed by atoms with Gasteiger partial charge in [-0.25, -0.2) is 4.20 Å². The molecule has 0 saturated carbocycles. The second-order valence-corrected chi connectivity index (χ2v) is 17.1. The molecular weight excluding hydrogens is 602 g/mol. The SMILES string of the molecule is C.C=C.C=C.C=CC(=C)C=C.C=CC(=C)C=C.CC(C)C(C)(C)C(C)(C)C(C)(C)C.CC(C)C(C)(C)C(C)(C)C(C)(C)C(C)(C)C.[3H]PF. The molecule has 0 aromatic rings. The van der Waals surface area contributed by atoms with Crippen LogP contribution in [-0.4, -0.2) is 1.28 Å². The normalized spacial score (nSPS) is 11.9. The molecule has 0 nitrogen and oxygen atoms in total. The van der Waals surface area contributed by atoms with Crippen molar-refractivity contribution < 1.29 is 4.20 Å². The van der Waals surface area contributed by atoms with Gasteiger partial charge in [0.05, 0.1) is 10.8 Å². The van der Waals surface area contributed by atoms with Crippen LogP contribution in [0.4, 0.5) is 4.20 Å². The van der Waals surface area contributed by atoms with Crippen molar-refractivity contribution in [2.45, 2.75) is 146 Å². The van der Waals surface area contributed by atoms with Crippen molar-refractivity contribution in [1.29, 1.82) is 1.28 Å². The minimum atomic E-state index is -1.17. The van der Waals surface area contributed by atoms with Crippen molar-refractivity contribution in [3.05, 3.63) is 101 Å². The Hall–Kier alpha value is -1.72. The molecule has 0 N–H and O–H groups in total. The molecule has 48 heavy (non-hydrogen) atoms. The smallest absolute Gasteiger partial charge is 0.0908 e. The van der Waals surface area contributed by atoms with Crippen LogP contribution in [0.2, 0.25) is 0 Å². The molecule has 0 amide bonds. The molecule has 288 valence electrons. The molecule has 0 radical (unpaired) electrons. The van der Waals surface area contributed by atoms with Crippen molar-refractivity contribution in [2.75, 3.05) is 0 Å². The standard InChI is InChI=1S/C16H34.C13H28.2C6H8.2C2H4.CH4.FH2P/c1-12(2)14(6,7)16(10,11)15(8,9)13(3,4)5;1-10(2)12(6,7)13(8,9)11(3,4)5;2*1-4-6(3)5-2;2*1-2;;1-2/h12H,1-11H3;10H,1-9H3;2*4-5H,1-3H2;2*1-2H2;1H4;2H2/i;;;;;;;2T. The number of hydrogen-bond donors (Lipinski definition) is 0. The minimum absolute atomic E-state index is 0. The quantitative estimate of drug-likeness (QED) is 0.128. The lowest BCUT2D eigenvalue weighted by atomic mass is 9.46. The van der Waals surface area contributed by atoms with Gasteiger partial charge in [-0.15, -0.1) is 26.3 Å². The predicted octanol–water partition coefficient (Wildman–Crippen LogP) is 17.3. The Labute approximate surface area is 311 Å². The molecule has 0 saturated heterocycles. The fourth-order valence-corrected chi connectivity index (χ4v) is 4.32. The molecule has 2 heteroatoms. The van der Waals surface area contributed by atoms with Gasteiger partial charge < -0.3 is 0 Å². The Balaban J connectivity index is -0.0000000756. The maximum atomic E-state index is 9.99. The van der Waals surface area contributed by atoms with Crippen molar-refractivity contribution in [2.24, 2.45) is 49.7 Å². The second-order valence-electron chi connectivity index (χ2n) is 17.1. The van der Waals surface area contributed by atoms with Gasteiger partial charge in [0.25, 0.3) is 0 Å². The van der Waals surface area contributed by atoms with E-state index in [2.05, 4.69) is 204 Å². The average molecular weight is 697 g/mol. The fourth-order valence-electron chi connectivity index (χ4n) is 4.32. The topological polar surface area (TPSA) is 0 Å². The van der Waals surface area contributed by atoms with Crippen LogP contribution in [-0.2, 0) is 0 Å². The maximum absolute atomic E-state index is 9.99. The van der Waals surface area contributed by atoms with Crippen LogP contribution in [0.15, 0.2) is 101 Å². The van der Waals surface area contributed by atoms with Crippen molar-refractivity contribution in [3.8, 4) is 0 Å². The van der Waals surface area contributed by atoms with Gasteiger partial charge in [-0.05, 0) is 60.9 Å². The molecule has 1 atom stereocenters. The minimum Gasteiger partial charge on any atom is -0.234 e. The summed E-state index contributed by atoms with van der Waals surface area (Å²) < 4.78 is 15.6. The van der Waals surface area contributed by atoms with E-state index in [1.54, 1.807) is 24.3 Å². The van der Waals surface area contributed by atoms with Crippen LogP contribution >= 0.6 is 9.50 Å². The van der Waals surface area contributed by atoms with Crippen LogP contribution in [0, 0.1) is 49.7 Å². The molecule has 0 aromatic heterocycles. The molecule has 0 bridgehead atoms. The van der Waals surface area contributed by atoms with Gasteiger partial charge in [0.1, 0.15) is 0 Å². The molecular formula is C46H92FP. The Bertz CT molecular complexity index is 850. The third-order valence-corrected chi connectivity index (χ3v) is 12.5. The van der Waals surface area contributed by atoms with Crippen molar-refractivity contribution in [3.63, 3.8) is 0 Å². The largest absolute Gasteiger partial charge is 0.234 e. The van der Waals surface area contributed by atoms with Crippen LogP contribution in [0.1, 0.15) is 146 Å². The first kappa shape index (κ1) is 61.5. The lowest BCUT2D eigenvalue weighted by Crippen LogP contribution is -2.52. The van der Waals surface area contributed by atoms with Gasteiger partial charge in [-0.3, -0.25) is 0 Å². The first-order valence-corrected chi connectivity index (χ1v) is 17.2. The van der Waals surface area contributed by atoms with E-state index in [1.165, 1.54) is 0 Å². The summed E-state index contributed by atoms with van der Waals surface area (Å²) in [4.78, 5) is 0. The van der Waals surface area contributed by atoms with E-state index in [4.69, 9.17) is 1.28 Å². The van der Waals surface area contributed by atoms with E-state index in [1.807, 2.05) is 0 Å². The van der Waals surface area contributed by atoms with E-state index in [-0.39, 0.29) is 7.43 Å². The molecule has 0 fully saturated rings. The van der Waals surface area contributed by atoms with E-state index >= 15 is 0 Å². The van der Waals surface area contributed by atoms with Crippen molar-refractivity contribution >= 4 is 9.50 Å². The molecule has 0 aliphatic rings. The zero-order valence-corrected chi connectivity index (χ0v) is 36.9. The summed E-state index contributed by atoms with van der Waals surface area (Å²) in [7, 11) is -1.17. The summed E-state index contributed by atoms with van der Waals surface area (Å²) in [6, 6.07) is 0. The molecule has 0 spiro atoms. The van der Waals surface area contributed by atoms with Crippen LogP contribution in [0.5, 0.6) is 0 Å². The molecule has 1 unspecified atom stereocenters. The summed E-state index contributed by atoms with van der Waals surface area (Å²) in [5, 5.41) is 0. The summed E-state index contributed by atoms with van der Waals surface area (Å²) in [6.07, 6.45) is 6.64. The average Bonchev–Trinajstić information content (AvgIpc) is 2.98. The first-order valence-electron chi connectivity index (χ1n) is 17.3. The number of hydrogen-bond acceptors (Lipinski definition) is 0. The first-order chi connectivity index (χ1) is 21.2. The molecule has 0 heterocycles. The Morgan fingerprint density at radius 1 is 0.500 bits per heavy atom. The predicted molar refractivity (Wildman–Crippen MR) is 237 cm³/mol. The summed E-state index contributed by atoms with van der Waals surface area (Å²) >= 11 is 0. The second kappa shape index (κ2) is 28.0. The van der Waals surface area contributed by atoms with E-state index in [0.29, 0.717) is 43.8 Å². The van der Waals surface area contributed by atoms with Gasteiger partial charge in [0.2, 0.25) is 0 Å². The molecule has 0 aromatic carbocycles. The van der Waals surface area contributed by atoms with E-state index in [9.17, 15) is 4.20 Å². The molecule has 0 aliphatic heterocycles. The Kier molecular flexibility index (Phi) is 35.9. The highest BCUT2D eigenvalue weighted by Gasteiger charge is 2.53. The Morgan fingerprint density at radius 3 is 0.750 bits per heavy atom. The third kappa shape index (κ3) is 20.7. The van der Waals surface area contributed by atoms with Gasteiger partial charge in [-0.2, -0.15) is 0 Å². The highest BCUT2D eigenvalue weighted by molar-refractivity contribution is 7.09. The molecule has 0 aliphatic carbocycles. The Morgan fingerprint density at radius 2 is 0.667 bits per heavy atom. The van der Waals surface area contributed by atoms with Crippen molar-refractivity contribution in [1.82, 2.24) is 0 Å². The van der Waals surface area contributed by atoms with Gasteiger partial charge in [0.15, 0.2) is 0 Å². The molecule has 0 rings (SSSR count). The maximum Gasteiger partial charge on any atom is 0.0908 e. The van der Waals surface area contributed by atoms with Crippen LogP contribution in [0.3, 0.4) is 0 Å². The number of halogens is 1. The van der Waals surface area contributed by atoms with Crippen LogP contribution in [0.25, 0.3) is 0 Å². The van der Waals surface area contributed by atoms with E-state index < -0.39 is 9.50 Å².